The Morgan fingerprint density at radius 3 is 2.70 bits per heavy atom. The SMILES string of the molecule is COc1ccc(-c2nc(C3CC(=O)N(CCc4ccc(Cl)cc4)C3)no2)c(OC)c1. The van der Waals surface area contributed by atoms with Crippen LogP contribution in [0.25, 0.3) is 11.5 Å². The van der Waals surface area contributed by atoms with Crippen molar-refractivity contribution >= 4 is 17.5 Å². The standard InChI is InChI=1S/C22H22ClN3O4/c1-28-17-7-8-18(19(12-17)29-2)22-24-21(25-30-22)15-11-20(27)26(13-15)10-9-14-3-5-16(23)6-4-14/h3-8,12,15H,9-11,13H2,1-2H3. The molecule has 0 saturated carbocycles. The first kappa shape index (κ1) is 20.2. The molecule has 1 fully saturated rings. The minimum Gasteiger partial charge on any atom is -0.497 e. The van der Waals surface area contributed by atoms with Crippen LogP contribution in [-0.2, 0) is 11.2 Å². The maximum absolute atomic E-state index is 12.5. The molecule has 3 aromatic rings. The van der Waals surface area contributed by atoms with Crippen molar-refractivity contribution in [2.45, 2.75) is 18.8 Å². The Bertz CT molecular complexity index is 1040. The number of benzene rings is 2. The van der Waals surface area contributed by atoms with Crippen molar-refractivity contribution in [3.63, 3.8) is 0 Å². The number of aromatic nitrogens is 2. The Morgan fingerprint density at radius 1 is 1.17 bits per heavy atom. The predicted molar refractivity (Wildman–Crippen MR) is 112 cm³/mol. The monoisotopic (exact) mass is 427 g/mol. The number of nitrogens with zero attached hydrogens (tertiary/aromatic N) is 3. The second-order valence-electron chi connectivity index (χ2n) is 7.14. The van der Waals surface area contributed by atoms with Crippen molar-refractivity contribution in [3.8, 4) is 23.0 Å². The number of amides is 1. The maximum atomic E-state index is 12.5. The number of carbonyl (C=O) groups excluding carboxylic acids is 1. The van der Waals surface area contributed by atoms with Crippen LogP contribution >= 0.6 is 11.6 Å². The maximum Gasteiger partial charge on any atom is 0.261 e. The highest BCUT2D eigenvalue weighted by atomic mass is 35.5. The molecule has 1 aromatic heterocycles. The first-order chi connectivity index (χ1) is 14.6. The Morgan fingerprint density at radius 2 is 1.97 bits per heavy atom. The molecule has 1 saturated heterocycles. The van der Waals surface area contributed by atoms with Gasteiger partial charge in [0, 0.05) is 36.5 Å². The van der Waals surface area contributed by atoms with Crippen LogP contribution in [0.5, 0.6) is 11.5 Å². The predicted octanol–water partition coefficient (Wildman–Crippen LogP) is 3.97. The Balaban J connectivity index is 1.44. The highest BCUT2D eigenvalue weighted by molar-refractivity contribution is 6.30. The van der Waals surface area contributed by atoms with Crippen LogP contribution in [0.1, 0.15) is 23.7 Å². The number of carbonyl (C=O) groups is 1. The average molecular weight is 428 g/mol. The van der Waals surface area contributed by atoms with Crippen molar-refractivity contribution in [3.05, 3.63) is 58.9 Å². The van der Waals surface area contributed by atoms with E-state index in [2.05, 4.69) is 10.1 Å². The third kappa shape index (κ3) is 4.26. The summed E-state index contributed by atoms with van der Waals surface area (Å²) >= 11 is 5.93. The molecule has 4 rings (SSSR count). The summed E-state index contributed by atoms with van der Waals surface area (Å²) < 4.78 is 16.1. The van der Waals surface area contributed by atoms with E-state index in [-0.39, 0.29) is 11.8 Å². The summed E-state index contributed by atoms with van der Waals surface area (Å²) in [6, 6.07) is 13.1. The van der Waals surface area contributed by atoms with Gasteiger partial charge in [0.15, 0.2) is 5.82 Å². The molecule has 8 heteroatoms. The largest absolute Gasteiger partial charge is 0.497 e. The molecule has 2 heterocycles. The highest BCUT2D eigenvalue weighted by Crippen LogP contribution is 2.34. The van der Waals surface area contributed by atoms with Gasteiger partial charge in [0.05, 0.1) is 19.8 Å². The molecule has 1 aliphatic rings. The Labute approximate surface area is 179 Å². The molecule has 0 spiro atoms. The quantitative estimate of drug-likeness (QED) is 0.567. The summed E-state index contributed by atoms with van der Waals surface area (Å²) in [5, 5.41) is 4.83. The zero-order chi connectivity index (χ0) is 21.1. The average Bonchev–Trinajstić information content (AvgIpc) is 3.39. The van der Waals surface area contributed by atoms with Gasteiger partial charge in [-0.15, -0.1) is 0 Å². The van der Waals surface area contributed by atoms with Crippen LogP contribution in [0.15, 0.2) is 47.0 Å². The van der Waals surface area contributed by atoms with E-state index in [9.17, 15) is 4.79 Å². The van der Waals surface area contributed by atoms with Crippen molar-refractivity contribution < 1.29 is 18.8 Å². The lowest BCUT2D eigenvalue weighted by molar-refractivity contribution is -0.127. The number of ether oxygens (including phenoxy) is 2. The van der Waals surface area contributed by atoms with Gasteiger partial charge in [0.25, 0.3) is 5.89 Å². The molecule has 1 unspecified atom stereocenters. The zero-order valence-corrected chi connectivity index (χ0v) is 17.6. The number of hydrogen-bond acceptors (Lipinski definition) is 6. The van der Waals surface area contributed by atoms with Crippen LogP contribution in [0.4, 0.5) is 0 Å². The molecule has 7 nitrogen and oxygen atoms in total. The molecule has 1 aliphatic heterocycles. The molecule has 30 heavy (non-hydrogen) atoms. The van der Waals surface area contributed by atoms with E-state index in [0.29, 0.717) is 53.3 Å². The van der Waals surface area contributed by atoms with E-state index in [1.165, 1.54) is 0 Å². The molecule has 156 valence electrons. The summed E-state index contributed by atoms with van der Waals surface area (Å²) in [6.07, 6.45) is 1.15. The van der Waals surface area contributed by atoms with E-state index >= 15 is 0 Å². The molecule has 0 radical (unpaired) electrons. The number of rotatable bonds is 7. The van der Waals surface area contributed by atoms with Crippen molar-refractivity contribution in [1.29, 1.82) is 0 Å². The van der Waals surface area contributed by atoms with Crippen LogP contribution in [0.2, 0.25) is 5.02 Å². The lowest BCUT2D eigenvalue weighted by Gasteiger charge is -2.15. The molecule has 2 aromatic carbocycles. The van der Waals surface area contributed by atoms with Gasteiger partial charge >= 0.3 is 0 Å². The fraction of sp³-hybridized carbons (Fsp3) is 0.318. The fourth-order valence-electron chi connectivity index (χ4n) is 3.56. The molecular weight excluding hydrogens is 406 g/mol. The molecular formula is C22H22ClN3O4. The van der Waals surface area contributed by atoms with Gasteiger partial charge in [0.2, 0.25) is 5.91 Å². The lowest BCUT2D eigenvalue weighted by Crippen LogP contribution is -2.27. The second kappa shape index (κ2) is 8.75. The van der Waals surface area contributed by atoms with Gasteiger partial charge in [-0.2, -0.15) is 4.98 Å². The van der Waals surface area contributed by atoms with Crippen LogP contribution in [-0.4, -0.2) is 48.3 Å². The minimum absolute atomic E-state index is 0.0931. The van der Waals surface area contributed by atoms with Crippen molar-refractivity contribution in [2.24, 2.45) is 0 Å². The topological polar surface area (TPSA) is 77.7 Å². The summed E-state index contributed by atoms with van der Waals surface area (Å²) in [7, 11) is 3.17. The fourth-order valence-corrected chi connectivity index (χ4v) is 3.69. The van der Waals surface area contributed by atoms with E-state index < -0.39 is 0 Å². The highest BCUT2D eigenvalue weighted by Gasteiger charge is 2.33. The normalized spacial score (nSPS) is 16.2. The molecule has 0 aliphatic carbocycles. The van der Waals surface area contributed by atoms with E-state index in [1.54, 1.807) is 26.4 Å². The second-order valence-corrected chi connectivity index (χ2v) is 7.58. The lowest BCUT2D eigenvalue weighted by atomic mass is 10.1. The van der Waals surface area contributed by atoms with Gasteiger partial charge in [0.1, 0.15) is 11.5 Å². The summed E-state index contributed by atoms with van der Waals surface area (Å²) in [6.45, 7) is 1.22. The van der Waals surface area contributed by atoms with Gasteiger partial charge in [-0.1, -0.05) is 28.9 Å². The first-order valence-electron chi connectivity index (χ1n) is 9.65. The number of halogens is 1. The van der Waals surface area contributed by atoms with Crippen LogP contribution in [0.3, 0.4) is 0 Å². The van der Waals surface area contributed by atoms with E-state index in [0.717, 1.165) is 12.0 Å². The van der Waals surface area contributed by atoms with Crippen LogP contribution in [0, 0.1) is 0 Å². The van der Waals surface area contributed by atoms with E-state index in [1.807, 2.05) is 35.2 Å². The first-order valence-corrected chi connectivity index (χ1v) is 10.0. The minimum atomic E-state index is -0.0931. The number of methoxy groups -OCH3 is 2. The Hall–Kier alpha value is -3.06. The number of hydrogen-bond donors (Lipinski definition) is 0. The van der Waals surface area contributed by atoms with Crippen LogP contribution < -0.4 is 9.47 Å². The summed E-state index contributed by atoms with van der Waals surface area (Å²) in [5.41, 5.74) is 1.82. The molecule has 0 bridgehead atoms. The summed E-state index contributed by atoms with van der Waals surface area (Å²) in [4.78, 5) is 18.8. The Kier molecular flexibility index (Phi) is 5.90. The van der Waals surface area contributed by atoms with Crippen molar-refractivity contribution in [2.75, 3.05) is 27.3 Å². The summed E-state index contributed by atoms with van der Waals surface area (Å²) in [5.74, 6) is 2.15. The van der Waals surface area contributed by atoms with Gasteiger partial charge in [-0.3, -0.25) is 4.79 Å². The van der Waals surface area contributed by atoms with Gasteiger partial charge in [-0.25, -0.2) is 0 Å². The zero-order valence-electron chi connectivity index (χ0n) is 16.8. The molecule has 0 N–H and O–H groups in total. The smallest absolute Gasteiger partial charge is 0.261 e. The van der Waals surface area contributed by atoms with Gasteiger partial charge < -0.3 is 18.9 Å². The third-order valence-electron chi connectivity index (χ3n) is 5.24. The van der Waals surface area contributed by atoms with Gasteiger partial charge in [-0.05, 0) is 36.2 Å². The van der Waals surface area contributed by atoms with E-state index in [4.69, 9.17) is 25.6 Å². The molecule has 1 amide bonds. The third-order valence-corrected chi connectivity index (χ3v) is 5.50. The number of likely N-dealkylation sites (tertiary alicyclic amines) is 1. The van der Waals surface area contributed by atoms with Crippen molar-refractivity contribution in [1.82, 2.24) is 15.0 Å². The molecule has 1 atom stereocenters.